The lowest BCUT2D eigenvalue weighted by molar-refractivity contribution is 0.439. The third-order valence-corrected chi connectivity index (χ3v) is 3.08. The van der Waals surface area contributed by atoms with E-state index < -0.39 is 0 Å². The number of aryl methyl sites for hydroxylation is 1. The van der Waals surface area contributed by atoms with E-state index in [1.165, 1.54) is 0 Å². The van der Waals surface area contributed by atoms with E-state index in [-0.39, 0.29) is 0 Å². The van der Waals surface area contributed by atoms with Crippen LogP contribution in [-0.2, 0) is 0 Å². The van der Waals surface area contributed by atoms with Crippen LogP contribution in [0.4, 0.5) is 5.88 Å². The van der Waals surface area contributed by atoms with Gasteiger partial charge in [0.15, 0.2) is 0 Å². The first kappa shape index (κ1) is 11.5. The molecule has 1 aromatic carbocycles. The highest BCUT2D eigenvalue weighted by Crippen LogP contribution is 2.28. The topological polar surface area (TPSA) is 69.9 Å². The summed E-state index contributed by atoms with van der Waals surface area (Å²) in [6, 6.07) is 11.7. The number of aromatic nitrogens is 3. The maximum Gasteiger partial charge on any atom is 0.222 e. The van der Waals surface area contributed by atoms with Gasteiger partial charge in [0.1, 0.15) is 5.69 Å². The van der Waals surface area contributed by atoms with Gasteiger partial charge in [0.25, 0.3) is 0 Å². The van der Waals surface area contributed by atoms with Crippen molar-refractivity contribution in [3.05, 3.63) is 47.8 Å². The summed E-state index contributed by atoms with van der Waals surface area (Å²) in [5.41, 5.74) is 10.2. The molecule has 0 spiro atoms. The molecule has 3 aromatic rings. The van der Waals surface area contributed by atoms with Gasteiger partial charge in [-0.3, -0.25) is 0 Å². The molecule has 0 unspecified atom stereocenters. The van der Waals surface area contributed by atoms with E-state index in [0.29, 0.717) is 5.88 Å². The largest absolute Gasteiger partial charge is 0.368 e. The van der Waals surface area contributed by atoms with Crippen molar-refractivity contribution >= 4 is 5.88 Å². The molecule has 0 radical (unpaired) electrons. The minimum atomic E-state index is 0.307. The number of nitrogen functional groups attached to an aromatic ring is 1. The number of nitrogens with two attached hydrogens (primary N) is 1. The first-order chi connectivity index (χ1) is 9.16. The predicted molar refractivity (Wildman–Crippen MR) is 72.9 cm³/mol. The Morgan fingerprint density at radius 3 is 2.53 bits per heavy atom. The maximum absolute atomic E-state index is 5.58. The fourth-order valence-corrected chi connectivity index (χ4v) is 2.24. The first-order valence-corrected chi connectivity index (χ1v) is 6.01. The molecule has 0 saturated carbocycles. The minimum absolute atomic E-state index is 0.307. The zero-order valence-corrected chi connectivity index (χ0v) is 10.8. The number of hydrogen-bond acceptors (Lipinski definition) is 4. The highest BCUT2D eigenvalue weighted by atomic mass is 16.5. The van der Waals surface area contributed by atoms with Crippen molar-refractivity contribution in [2.45, 2.75) is 13.8 Å². The first-order valence-electron chi connectivity index (χ1n) is 6.01. The predicted octanol–water partition coefficient (Wildman–Crippen LogP) is 2.73. The molecule has 2 aromatic heterocycles. The second-order valence-electron chi connectivity index (χ2n) is 4.41. The van der Waals surface area contributed by atoms with Crippen LogP contribution in [-0.4, -0.2) is 14.9 Å². The van der Waals surface area contributed by atoms with Crippen LogP contribution in [0.2, 0.25) is 0 Å². The summed E-state index contributed by atoms with van der Waals surface area (Å²) in [4.78, 5) is 0. The maximum atomic E-state index is 5.58. The van der Waals surface area contributed by atoms with Crippen molar-refractivity contribution < 1.29 is 4.52 Å². The number of rotatable bonds is 2. The zero-order chi connectivity index (χ0) is 13.4. The SMILES string of the molecule is Cc1nn(-c2ccccc2)c(C)c1-c1cc(N)on1. The Hall–Kier alpha value is -2.56. The highest BCUT2D eigenvalue weighted by molar-refractivity contribution is 5.67. The molecular weight excluding hydrogens is 240 g/mol. The molecule has 2 heterocycles. The third kappa shape index (κ3) is 1.89. The molecule has 0 atom stereocenters. The normalized spacial score (nSPS) is 10.8. The summed E-state index contributed by atoms with van der Waals surface area (Å²) in [5.74, 6) is 0.307. The number of hydrogen-bond donors (Lipinski definition) is 1. The molecule has 0 bridgehead atoms. The molecule has 3 rings (SSSR count). The molecule has 0 aliphatic rings. The molecule has 0 saturated heterocycles. The van der Waals surface area contributed by atoms with E-state index in [1.54, 1.807) is 6.07 Å². The molecule has 5 nitrogen and oxygen atoms in total. The van der Waals surface area contributed by atoms with Gasteiger partial charge < -0.3 is 10.3 Å². The van der Waals surface area contributed by atoms with E-state index in [9.17, 15) is 0 Å². The van der Waals surface area contributed by atoms with E-state index in [0.717, 1.165) is 28.3 Å². The van der Waals surface area contributed by atoms with Crippen LogP contribution in [0.5, 0.6) is 0 Å². The number of anilines is 1. The average Bonchev–Trinajstić information content (AvgIpc) is 2.95. The lowest BCUT2D eigenvalue weighted by atomic mass is 10.1. The summed E-state index contributed by atoms with van der Waals surface area (Å²) < 4.78 is 6.83. The van der Waals surface area contributed by atoms with Gasteiger partial charge in [-0.25, -0.2) is 4.68 Å². The number of nitrogens with zero attached hydrogens (tertiary/aromatic N) is 3. The van der Waals surface area contributed by atoms with Crippen molar-refractivity contribution in [1.29, 1.82) is 0 Å². The summed E-state index contributed by atoms with van der Waals surface area (Å²) in [6.45, 7) is 3.96. The second kappa shape index (κ2) is 4.28. The molecule has 0 amide bonds. The zero-order valence-electron chi connectivity index (χ0n) is 10.8. The van der Waals surface area contributed by atoms with Gasteiger partial charge in [0.05, 0.1) is 17.1 Å². The fraction of sp³-hybridized carbons (Fsp3) is 0.143. The summed E-state index contributed by atoms with van der Waals surface area (Å²) in [6.07, 6.45) is 0. The van der Waals surface area contributed by atoms with Crippen LogP contribution in [0, 0.1) is 13.8 Å². The van der Waals surface area contributed by atoms with Crippen molar-refractivity contribution in [3.8, 4) is 16.9 Å². The van der Waals surface area contributed by atoms with Crippen LogP contribution >= 0.6 is 0 Å². The Bertz CT molecular complexity index is 712. The van der Waals surface area contributed by atoms with Crippen LogP contribution in [0.15, 0.2) is 40.9 Å². The van der Waals surface area contributed by atoms with Gasteiger partial charge in [-0.05, 0) is 26.0 Å². The average molecular weight is 254 g/mol. The van der Waals surface area contributed by atoms with E-state index in [1.807, 2.05) is 48.9 Å². The van der Waals surface area contributed by atoms with Crippen molar-refractivity contribution in [2.24, 2.45) is 0 Å². The van der Waals surface area contributed by atoms with Crippen LogP contribution in [0.3, 0.4) is 0 Å². The quantitative estimate of drug-likeness (QED) is 0.763. The van der Waals surface area contributed by atoms with E-state index in [4.69, 9.17) is 10.3 Å². The lowest BCUT2D eigenvalue weighted by Gasteiger charge is -2.03. The Labute approximate surface area is 110 Å². The monoisotopic (exact) mass is 254 g/mol. The van der Waals surface area contributed by atoms with Gasteiger partial charge in [0, 0.05) is 11.6 Å². The van der Waals surface area contributed by atoms with Crippen LogP contribution in [0.25, 0.3) is 16.9 Å². The summed E-state index contributed by atoms with van der Waals surface area (Å²) >= 11 is 0. The van der Waals surface area contributed by atoms with Gasteiger partial charge >= 0.3 is 0 Å². The standard InChI is InChI=1S/C14H14N4O/c1-9-14(12-8-13(15)19-17-12)10(2)18(16-9)11-6-4-3-5-7-11/h3-8H,15H2,1-2H3. The molecule has 19 heavy (non-hydrogen) atoms. The van der Waals surface area contributed by atoms with Gasteiger partial charge in [-0.2, -0.15) is 5.10 Å². The van der Waals surface area contributed by atoms with E-state index in [2.05, 4.69) is 10.3 Å². The Balaban J connectivity index is 2.16. The number of benzene rings is 1. The van der Waals surface area contributed by atoms with Crippen LogP contribution < -0.4 is 5.73 Å². The Morgan fingerprint density at radius 2 is 1.89 bits per heavy atom. The van der Waals surface area contributed by atoms with E-state index >= 15 is 0 Å². The van der Waals surface area contributed by atoms with Crippen molar-refractivity contribution in [1.82, 2.24) is 14.9 Å². The van der Waals surface area contributed by atoms with Crippen LogP contribution in [0.1, 0.15) is 11.4 Å². The Morgan fingerprint density at radius 1 is 1.16 bits per heavy atom. The fourth-order valence-electron chi connectivity index (χ4n) is 2.24. The molecule has 0 aliphatic carbocycles. The molecular formula is C14H14N4O. The van der Waals surface area contributed by atoms with Gasteiger partial charge in [-0.1, -0.05) is 23.4 Å². The number of para-hydroxylation sites is 1. The van der Waals surface area contributed by atoms with Crippen molar-refractivity contribution in [2.75, 3.05) is 5.73 Å². The van der Waals surface area contributed by atoms with Gasteiger partial charge in [-0.15, -0.1) is 0 Å². The van der Waals surface area contributed by atoms with Crippen molar-refractivity contribution in [3.63, 3.8) is 0 Å². The second-order valence-corrected chi connectivity index (χ2v) is 4.41. The third-order valence-electron chi connectivity index (χ3n) is 3.08. The smallest absolute Gasteiger partial charge is 0.222 e. The Kier molecular flexibility index (Phi) is 2.59. The molecule has 0 fully saturated rings. The van der Waals surface area contributed by atoms with Gasteiger partial charge in [0.2, 0.25) is 5.88 Å². The minimum Gasteiger partial charge on any atom is -0.368 e. The molecule has 5 heteroatoms. The highest BCUT2D eigenvalue weighted by Gasteiger charge is 2.17. The molecule has 0 aliphatic heterocycles. The lowest BCUT2D eigenvalue weighted by Crippen LogP contribution is -1.98. The summed E-state index contributed by atoms with van der Waals surface area (Å²) in [5, 5.41) is 8.52. The molecule has 96 valence electrons. The summed E-state index contributed by atoms with van der Waals surface area (Å²) in [7, 11) is 0. The molecule has 2 N–H and O–H groups in total.